The zero-order valence-electron chi connectivity index (χ0n) is 21.6. The number of aliphatic hydroxyl groups is 2. The van der Waals surface area contributed by atoms with Crippen LogP contribution >= 0.6 is 0 Å². The number of hydrogen-bond donors (Lipinski definition) is 5. The summed E-state index contributed by atoms with van der Waals surface area (Å²) in [5.41, 5.74) is 6.10. The van der Waals surface area contributed by atoms with Gasteiger partial charge in [-0.1, -0.05) is 36.4 Å². The molecule has 3 aromatic rings. The van der Waals surface area contributed by atoms with Crippen LogP contribution in [0.25, 0.3) is 0 Å². The molecule has 1 amide bonds. The zero-order chi connectivity index (χ0) is 26.3. The summed E-state index contributed by atoms with van der Waals surface area (Å²) < 4.78 is 0. The molecule has 0 spiro atoms. The van der Waals surface area contributed by atoms with Crippen molar-refractivity contribution < 1.29 is 20.1 Å². The average Bonchev–Trinajstić information content (AvgIpc) is 2.85. The Morgan fingerprint density at radius 3 is 2.50 bits per heavy atom. The summed E-state index contributed by atoms with van der Waals surface area (Å²) in [5, 5.41) is 36.1. The molecule has 0 heterocycles. The van der Waals surface area contributed by atoms with E-state index in [1.807, 2.05) is 38.1 Å². The van der Waals surface area contributed by atoms with Crippen molar-refractivity contribution >= 4 is 5.91 Å². The molecular weight excluding hydrogens is 452 g/mol. The van der Waals surface area contributed by atoms with Gasteiger partial charge in [0.15, 0.2) is 0 Å². The number of amides is 1. The van der Waals surface area contributed by atoms with Gasteiger partial charge in [0.1, 0.15) is 5.75 Å². The Bertz CT molecular complexity index is 1190. The molecule has 0 bridgehead atoms. The highest BCUT2D eigenvalue weighted by atomic mass is 16.3. The summed E-state index contributed by atoms with van der Waals surface area (Å²) in [6.45, 7) is 8.90. The Kier molecular flexibility index (Phi) is 9.26. The number of rotatable bonds is 11. The predicted molar refractivity (Wildman–Crippen MR) is 143 cm³/mol. The molecule has 3 rings (SSSR count). The van der Waals surface area contributed by atoms with Crippen molar-refractivity contribution in [1.82, 2.24) is 10.6 Å². The first-order chi connectivity index (χ1) is 17.1. The van der Waals surface area contributed by atoms with E-state index in [9.17, 15) is 20.1 Å². The van der Waals surface area contributed by atoms with E-state index in [0.717, 1.165) is 12.0 Å². The maximum Gasteiger partial charge on any atom is 0.251 e. The van der Waals surface area contributed by atoms with Crippen LogP contribution in [0.3, 0.4) is 0 Å². The molecule has 0 aromatic heterocycles. The summed E-state index contributed by atoms with van der Waals surface area (Å²) >= 11 is 0. The smallest absolute Gasteiger partial charge is 0.251 e. The van der Waals surface area contributed by atoms with Crippen LogP contribution in [-0.2, 0) is 19.4 Å². The van der Waals surface area contributed by atoms with Crippen molar-refractivity contribution in [2.24, 2.45) is 0 Å². The quantitative estimate of drug-likeness (QED) is 0.278. The maximum absolute atomic E-state index is 12.8. The van der Waals surface area contributed by atoms with E-state index in [-0.39, 0.29) is 23.8 Å². The van der Waals surface area contributed by atoms with Crippen LogP contribution in [0.15, 0.2) is 60.7 Å². The van der Waals surface area contributed by atoms with Crippen molar-refractivity contribution in [2.45, 2.75) is 58.8 Å². The monoisotopic (exact) mass is 490 g/mol. The lowest BCUT2D eigenvalue weighted by molar-refractivity contribution is 0.0954. The second-order valence-corrected chi connectivity index (χ2v) is 10.1. The van der Waals surface area contributed by atoms with E-state index in [0.29, 0.717) is 36.2 Å². The van der Waals surface area contributed by atoms with Crippen molar-refractivity contribution in [3.63, 3.8) is 0 Å². The molecule has 6 nitrogen and oxygen atoms in total. The minimum absolute atomic E-state index is 0.0101. The standard InChI is InChI=1S/C30H38N2O4/c1-20-7-5-9-23(21(20)2)13-14-31-29(36)25-10-6-8-22(15-25)17-30(3,4)32-18-28(35)24-11-12-27(34)26(16-24)19-33/h5-12,15-16,28,32-35H,13-14,17-19H2,1-4H3,(H,31,36)/t28-/m0/s1. The molecule has 6 heteroatoms. The normalized spacial score (nSPS) is 12.4. The fourth-order valence-electron chi connectivity index (χ4n) is 4.32. The van der Waals surface area contributed by atoms with Crippen molar-refractivity contribution in [2.75, 3.05) is 13.1 Å². The predicted octanol–water partition coefficient (Wildman–Crippen LogP) is 4.12. The van der Waals surface area contributed by atoms with Crippen LogP contribution in [0.2, 0.25) is 0 Å². The first-order valence-corrected chi connectivity index (χ1v) is 12.4. The topological polar surface area (TPSA) is 102 Å². The fourth-order valence-corrected chi connectivity index (χ4v) is 4.32. The van der Waals surface area contributed by atoms with E-state index in [4.69, 9.17) is 0 Å². The molecule has 0 saturated carbocycles. The van der Waals surface area contributed by atoms with E-state index in [2.05, 4.69) is 42.7 Å². The summed E-state index contributed by atoms with van der Waals surface area (Å²) in [6.07, 6.45) is 0.671. The Morgan fingerprint density at radius 2 is 1.75 bits per heavy atom. The van der Waals surface area contributed by atoms with Gasteiger partial charge < -0.3 is 26.0 Å². The lowest BCUT2D eigenvalue weighted by Crippen LogP contribution is -2.43. The van der Waals surface area contributed by atoms with Gasteiger partial charge in [-0.2, -0.15) is 0 Å². The van der Waals surface area contributed by atoms with Gasteiger partial charge in [-0.15, -0.1) is 0 Å². The van der Waals surface area contributed by atoms with E-state index in [1.165, 1.54) is 22.8 Å². The largest absolute Gasteiger partial charge is 0.508 e. The lowest BCUT2D eigenvalue weighted by Gasteiger charge is -2.28. The third kappa shape index (κ3) is 7.40. The highest BCUT2D eigenvalue weighted by Crippen LogP contribution is 2.23. The summed E-state index contributed by atoms with van der Waals surface area (Å²) in [4.78, 5) is 12.8. The Balaban J connectivity index is 1.55. The van der Waals surface area contributed by atoms with Crippen LogP contribution in [0.1, 0.15) is 63.7 Å². The zero-order valence-corrected chi connectivity index (χ0v) is 21.6. The SMILES string of the molecule is Cc1cccc(CCNC(=O)c2cccc(CC(C)(C)NC[C@H](O)c3ccc(O)c(CO)c3)c2)c1C. The molecule has 0 fully saturated rings. The van der Waals surface area contributed by atoms with Gasteiger partial charge in [0.2, 0.25) is 0 Å². The summed E-state index contributed by atoms with van der Waals surface area (Å²) in [5.74, 6) is -0.0775. The molecular formula is C30H38N2O4. The number of hydrogen-bond acceptors (Lipinski definition) is 5. The minimum atomic E-state index is -0.788. The number of carbonyl (C=O) groups is 1. The van der Waals surface area contributed by atoms with Crippen LogP contribution in [-0.4, -0.2) is 39.9 Å². The van der Waals surface area contributed by atoms with Crippen LogP contribution in [0.4, 0.5) is 0 Å². The molecule has 0 saturated heterocycles. The van der Waals surface area contributed by atoms with Gasteiger partial charge in [0.05, 0.1) is 12.7 Å². The fraction of sp³-hybridized carbons (Fsp3) is 0.367. The van der Waals surface area contributed by atoms with E-state index < -0.39 is 6.10 Å². The number of aliphatic hydroxyl groups excluding tert-OH is 2. The van der Waals surface area contributed by atoms with Gasteiger partial charge in [0, 0.05) is 29.8 Å². The number of β-amino-alcohol motifs (C(OH)–C–C–N with tert-alkyl or cyclic N) is 1. The number of benzene rings is 3. The number of aromatic hydroxyl groups is 1. The molecule has 36 heavy (non-hydrogen) atoms. The summed E-state index contributed by atoms with van der Waals surface area (Å²) in [6, 6.07) is 18.6. The second kappa shape index (κ2) is 12.2. The van der Waals surface area contributed by atoms with Crippen LogP contribution in [0.5, 0.6) is 5.75 Å². The molecule has 1 atom stereocenters. The van der Waals surface area contributed by atoms with Crippen molar-refractivity contribution in [3.05, 3.63) is 99.6 Å². The molecule has 0 aliphatic heterocycles. The second-order valence-electron chi connectivity index (χ2n) is 10.1. The third-order valence-corrected chi connectivity index (χ3v) is 6.66. The highest BCUT2D eigenvalue weighted by molar-refractivity contribution is 5.94. The van der Waals surface area contributed by atoms with Gasteiger partial charge in [-0.05, 0) is 92.6 Å². The van der Waals surface area contributed by atoms with E-state index in [1.54, 1.807) is 12.1 Å². The number of aryl methyl sites for hydroxylation is 1. The molecule has 0 unspecified atom stereocenters. The molecule has 192 valence electrons. The van der Waals surface area contributed by atoms with Crippen molar-refractivity contribution in [1.29, 1.82) is 0 Å². The maximum atomic E-state index is 12.8. The minimum Gasteiger partial charge on any atom is -0.508 e. The van der Waals surface area contributed by atoms with Gasteiger partial charge >= 0.3 is 0 Å². The van der Waals surface area contributed by atoms with Gasteiger partial charge in [0.25, 0.3) is 5.91 Å². The molecule has 0 radical (unpaired) electrons. The molecule has 0 aliphatic carbocycles. The number of nitrogens with one attached hydrogen (secondary N) is 2. The number of phenols is 1. The van der Waals surface area contributed by atoms with Gasteiger partial charge in [-0.3, -0.25) is 4.79 Å². The number of carbonyl (C=O) groups excluding carboxylic acids is 1. The van der Waals surface area contributed by atoms with Crippen LogP contribution in [0, 0.1) is 13.8 Å². The Labute approximate surface area is 214 Å². The third-order valence-electron chi connectivity index (χ3n) is 6.66. The first kappa shape index (κ1) is 27.4. The van der Waals surface area contributed by atoms with Crippen LogP contribution < -0.4 is 10.6 Å². The molecule has 0 aliphatic rings. The summed E-state index contributed by atoms with van der Waals surface area (Å²) in [7, 11) is 0. The Hall–Kier alpha value is -3.19. The van der Waals surface area contributed by atoms with Gasteiger partial charge in [-0.25, -0.2) is 0 Å². The lowest BCUT2D eigenvalue weighted by atomic mass is 9.93. The molecule has 3 aromatic carbocycles. The first-order valence-electron chi connectivity index (χ1n) is 12.4. The van der Waals surface area contributed by atoms with E-state index >= 15 is 0 Å². The Morgan fingerprint density at radius 1 is 1.00 bits per heavy atom. The molecule has 5 N–H and O–H groups in total. The van der Waals surface area contributed by atoms with Crippen molar-refractivity contribution in [3.8, 4) is 5.75 Å². The highest BCUT2D eigenvalue weighted by Gasteiger charge is 2.21. The average molecular weight is 491 g/mol.